The summed E-state index contributed by atoms with van der Waals surface area (Å²) in [5.74, 6) is -1.76. The molecule has 14 heavy (non-hydrogen) atoms. The summed E-state index contributed by atoms with van der Waals surface area (Å²) in [5.41, 5.74) is 0.464. The third-order valence-corrected chi connectivity index (χ3v) is 2.48. The van der Waals surface area contributed by atoms with Crippen LogP contribution in [0.1, 0.15) is 12.0 Å². The largest absolute Gasteiger partial charge is 0.507 e. The number of carboxylic acid groups (broad SMARTS) is 1. The summed E-state index contributed by atoms with van der Waals surface area (Å²) in [4.78, 5) is 10.2. The molecule has 0 unspecified atom stereocenters. The van der Waals surface area contributed by atoms with Crippen molar-refractivity contribution < 1.29 is 19.4 Å². The van der Waals surface area contributed by atoms with Gasteiger partial charge in [0.25, 0.3) is 0 Å². The zero-order valence-corrected chi connectivity index (χ0v) is 8.71. The maximum absolute atomic E-state index is 13.0. The molecule has 0 spiro atoms. The summed E-state index contributed by atoms with van der Waals surface area (Å²) in [6.45, 7) is 0. The number of carbonyl (C=O) groups is 1. The van der Waals surface area contributed by atoms with Crippen molar-refractivity contribution >= 4 is 21.9 Å². The van der Waals surface area contributed by atoms with E-state index in [0.29, 0.717) is 5.56 Å². The van der Waals surface area contributed by atoms with E-state index in [9.17, 15) is 14.3 Å². The Balaban J connectivity index is 2.84. The van der Waals surface area contributed by atoms with Crippen LogP contribution in [0.5, 0.6) is 5.75 Å². The molecule has 0 amide bonds. The fourth-order valence-corrected chi connectivity index (χ4v) is 1.25. The van der Waals surface area contributed by atoms with Crippen LogP contribution in [0.25, 0.3) is 0 Å². The van der Waals surface area contributed by atoms with Crippen LogP contribution in [0.4, 0.5) is 4.39 Å². The molecule has 1 aromatic carbocycles. The van der Waals surface area contributed by atoms with E-state index < -0.39 is 11.8 Å². The molecule has 2 N–H and O–H groups in total. The number of rotatable bonds is 3. The lowest BCUT2D eigenvalue weighted by Crippen LogP contribution is -1.98. The van der Waals surface area contributed by atoms with Crippen molar-refractivity contribution in [2.24, 2.45) is 0 Å². The smallest absolute Gasteiger partial charge is 0.303 e. The highest BCUT2D eigenvalue weighted by Gasteiger charge is 2.08. The fourth-order valence-electron chi connectivity index (χ4n) is 1.02. The van der Waals surface area contributed by atoms with Crippen LogP contribution in [-0.4, -0.2) is 16.2 Å². The van der Waals surface area contributed by atoms with E-state index >= 15 is 0 Å². The molecule has 0 atom stereocenters. The predicted octanol–water partition coefficient (Wildman–Crippen LogP) is 2.31. The van der Waals surface area contributed by atoms with Gasteiger partial charge in [0.2, 0.25) is 0 Å². The summed E-state index contributed by atoms with van der Waals surface area (Å²) in [7, 11) is 0. The second-order valence-electron chi connectivity index (χ2n) is 2.80. The Labute approximate surface area is 88.3 Å². The van der Waals surface area contributed by atoms with Gasteiger partial charge in [0.05, 0.1) is 4.47 Å². The first-order valence-corrected chi connectivity index (χ1v) is 4.68. The number of carboxylic acids is 1. The van der Waals surface area contributed by atoms with Crippen molar-refractivity contribution in [3.63, 3.8) is 0 Å². The van der Waals surface area contributed by atoms with Crippen LogP contribution in [0.15, 0.2) is 16.6 Å². The Kier molecular flexibility index (Phi) is 3.46. The van der Waals surface area contributed by atoms with Crippen molar-refractivity contribution in [2.75, 3.05) is 0 Å². The van der Waals surface area contributed by atoms with Gasteiger partial charge >= 0.3 is 5.97 Å². The van der Waals surface area contributed by atoms with E-state index in [1.807, 2.05) is 0 Å². The number of hydrogen-bond donors (Lipinski definition) is 2. The van der Waals surface area contributed by atoms with E-state index in [1.54, 1.807) is 0 Å². The third kappa shape index (κ3) is 2.70. The molecule has 0 aliphatic heterocycles. The Hall–Kier alpha value is -1.10. The van der Waals surface area contributed by atoms with Crippen LogP contribution >= 0.6 is 15.9 Å². The molecule has 0 fully saturated rings. The number of hydrogen-bond acceptors (Lipinski definition) is 2. The molecular weight excluding hydrogens is 255 g/mol. The first kappa shape index (κ1) is 11.0. The van der Waals surface area contributed by atoms with Gasteiger partial charge in [0.1, 0.15) is 11.6 Å². The minimum Gasteiger partial charge on any atom is -0.507 e. The molecule has 76 valence electrons. The lowest BCUT2D eigenvalue weighted by atomic mass is 10.1. The van der Waals surface area contributed by atoms with Gasteiger partial charge in [-0.05, 0) is 40.0 Å². The monoisotopic (exact) mass is 262 g/mol. The second kappa shape index (κ2) is 4.41. The number of aryl methyl sites for hydroxylation is 1. The van der Waals surface area contributed by atoms with Crippen LogP contribution in [0, 0.1) is 5.82 Å². The molecule has 0 aromatic heterocycles. The Morgan fingerprint density at radius 1 is 1.50 bits per heavy atom. The number of phenolic OH excluding ortho intramolecular Hbond substituents is 1. The highest BCUT2D eigenvalue weighted by Crippen LogP contribution is 2.28. The maximum Gasteiger partial charge on any atom is 0.303 e. The SMILES string of the molecule is O=C(O)CCc1cc(O)c(Br)c(F)c1. The van der Waals surface area contributed by atoms with Gasteiger partial charge in [0.15, 0.2) is 0 Å². The Morgan fingerprint density at radius 2 is 2.14 bits per heavy atom. The molecule has 1 rings (SSSR count). The van der Waals surface area contributed by atoms with Crippen molar-refractivity contribution in [1.82, 2.24) is 0 Å². The molecule has 3 nitrogen and oxygen atoms in total. The van der Waals surface area contributed by atoms with Crippen molar-refractivity contribution in [3.8, 4) is 5.75 Å². The standard InChI is InChI=1S/C9H8BrFO3/c10-9-6(11)3-5(4-7(9)12)1-2-8(13)14/h3-4,12H,1-2H2,(H,13,14). The summed E-state index contributed by atoms with van der Waals surface area (Å²) in [6.07, 6.45) is 0.119. The lowest BCUT2D eigenvalue weighted by Gasteiger charge is -2.03. The number of benzene rings is 1. The third-order valence-electron chi connectivity index (χ3n) is 1.70. The zero-order valence-electron chi connectivity index (χ0n) is 7.13. The number of phenols is 1. The summed E-state index contributed by atoms with van der Waals surface area (Å²) < 4.78 is 13.0. The Morgan fingerprint density at radius 3 is 2.64 bits per heavy atom. The quantitative estimate of drug-likeness (QED) is 0.879. The molecule has 0 aliphatic carbocycles. The predicted molar refractivity (Wildman–Crippen MR) is 51.7 cm³/mol. The molecule has 0 aliphatic rings. The molecule has 5 heteroatoms. The normalized spacial score (nSPS) is 10.1. The van der Waals surface area contributed by atoms with Gasteiger partial charge in [-0.2, -0.15) is 0 Å². The van der Waals surface area contributed by atoms with E-state index in [2.05, 4.69) is 15.9 Å². The van der Waals surface area contributed by atoms with E-state index in [-0.39, 0.29) is 23.1 Å². The highest BCUT2D eigenvalue weighted by molar-refractivity contribution is 9.10. The number of halogens is 2. The topological polar surface area (TPSA) is 57.5 Å². The molecule has 0 radical (unpaired) electrons. The van der Waals surface area contributed by atoms with Gasteiger partial charge < -0.3 is 10.2 Å². The van der Waals surface area contributed by atoms with Gasteiger partial charge in [0, 0.05) is 6.42 Å². The number of aromatic hydroxyl groups is 1. The average molecular weight is 263 g/mol. The van der Waals surface area contributed by atoms with E-state index in [0.717, 1.165) is 0 Å². The van der Waals surface area contributed by atoms with Crippen molar-refractivity contribution in [3.05, 3.63) is 28.0 Å². The van der Waals surface area contributed by atoms with E-state index in [1.165, 1.54) is 12.1 Å². The van der Waals surface area contributed by atoms with Gasteiger partial charge in [-0.15, -0.1) is 0 Å². The zero-order chi connectivity index (χ0) is 10.7. The molecule has 0 saturated heterocycles. The first-order valence-electron chi connectivity index (χ1n) is 3.89. The number of aliphatic carboxylic acids is 1. The van der Waals surface area contributed by atoms with Crippen LogP contribution in [0.3, 0.4) is 0 Å². The molecule has 0 saturated carbocycles. The highest BCUT2D eigenvalue weighted by atomic mass is 79.9. The van der Waals surface area contributed by atoms with Crippen molar-refractivity contribution in [2.45, 2.75) is 12.8 Å². The van der Waals surface area contributed by atoms with Gasteiger partial charge in [-0.3, -0.25) is 4.79 Å². The second-order valence-corrected chi connectivity index (χ2v) is 3.60. The minimum atomic E-state index is -0.951. The minimum absolute atomic E-state index is 0.00317. The van der Waals surface area contributed by atoms with Gasteiger partial charge in [-0.1, -0.05) is 0 Å². The molecule has 0 heterocycles. The van der Waals surface area contributed by atoms with Gasteiger partial charge in [-0.25, -0.2) is 4.39 Å². The summed E-state index contributed by atoms with van der Waals surface area (Å²) in [5, 5.41) is 17.6. The fraction of sp³-hybridized carbons (Fsp3) is 0.222. The lowest BCUT2D eigenvalue weighted by molar-refractivity contribution is -0.136. The molecule has 0 bridgehead atoms. The van der Waals surface area contributed by atoms with E-state index in [4.69, 9.17) is 5.11 Å². The summed E-state index contributed by atoms with van der Waals surface area (Å²) >= 11 is 2.85. The molecule has 1 aromatic rings. The summed E-state index contributed by atoms with van der Waals surface area (Å²) in [6, 6.07) is 2.54. The van der Waals surface area contributed by atoms with Crippen LogP contribution in [0.2, 0.25) is 0 Å². The van der Waals surface area contributed by atoms with Crippen LogP contribution in [-0.2, 0) is 11.2 Å². The maximum atomic E-state index is 13.0. The molecular formula is C9H8BrFO3. The van der Waals surface area contributed by atoms with Crippen LogP contribution < -0.4 is 0 Å². The Bertz CT molecular complexity index is 342. The average Bonchev–Trinajstić information content (AvgIpc) is 2.10. The first-order chi connectivity index (χ1) is 6.50. The van der Waals surface area contributed by atoms with Crippen molar-refractivity contribution in [1.29, 1.82) is 0 Å².